The average molecular weight is 315 g/mol. The van der Waals surface area contributed by atoms with Crippen LogP contribution in [0.1, 0.15) is 28.7 Å². The lowest BCUT2D eigenvalue weighted by Crippen LogP contribution is -2.17. The molecule has 1 N–H and O–H groups in total. The maximum absolute atomic E-state index is 12.6. The fraction of sp³-hybridized carbons (Fsp3) is 0.188. The summed E-state index contributed by atoms with van der Waals surface area (Å²) in [4.78, 5) is 21.2. The molecule has 0 radical (unpaired) electrons. The normalized spacial score (nSPS) is 10.9. The number of imidazole rings is 1. The van der Waals surface area contributed by atoms with Crippen LogP contribution < -0.4 is 5.32 Å². The van der Waals surface area contributed by atoms with Gasteiger partial charge in [0.2, 0.25) is 0 Å². The molecule has 0 aliphatic carbocycles. The van der Waals surface area contributed by atoms with Crippen LogP contribution >= 0.6 is 11.6 Å². The maximum atomic E-state index is 12.6. The van der Waals surface area contributed by atoms with E-state index in [1.807, 2.05) is 26.0 Å². The van der Waals surface area contributed by atoms with Crippen LogP contribution in [-0.2, 0) is 6.42 Å². The maximum Gasteiger partial charge on any atom is 0.275 e. The first-order valence-electron chi connectivity index (χ1n) is 6.99. The largest absolute Gasteiger partial charge is 0.305 e. The third kappa shape index (κ3) is 2.67. The number of anilines is 1. The molecule has 0 bridgehead atoms. The number of pyridine rings is 2. The molecule has 3 heterocycles. The lowest BCUT2D eigenvalue weighted by Gasteiger charge is -2.06. The van der Waals surface area contributed by atoms with E-state index in [9.17, 15) is 4.79 Å². The molecule has 0 aromatic carbocycles. The van der Waals surface area contributed by atoms with E-state index in [1.165, 1.54) is 0 Å². The molecular weight excluding hydrogens is 300 g/mol. The summed E-state index contributed by atoms with van der Waals surface area (Å²) in [6.45, 7) is 3.91. The van der Waals surface area contributed by atoms with Gasteiger partial charge in [-0.25, -0.2) is 9.97 Å². The first-order valence-corrected chi connectivity index (χ1v) is 7.36. The van der Waals surface area contributed by atoms with Crippen molar-refractivity contribution in [3.05, 3.63) is 58.6 Å². The Balaban J connectivity index is 2.03. The Hall–Kier alpha value is -2.40. The van der Waals surface area contributed by atoms with Crippen molar-refractivity contribution in [3.8, 4) is 0 Å². The summed E-state index contributed by atoms with van der Waals surface area (Å²) < 4.78 is 1.75. The Bertz CT molecular complexity index is 856. The van der Waals surface area contributed by atoms with Crippen molar-refractivity contribution >= 4 is 29.0 Å². The van der Waals surface area contributed by atoms with Crippen molar-refractivity contribution in [2.45, 2.75) is 20.3 Å². The highest BCUT2D eigenvalue weighted by molar-refractivity contribution is 6.30. The Morgan fingerprint density at radius 3 is 2.91 bits per heavy atom. The highest BCUT2D eigenvalue weighted by atomic mass is 35.5. The summed E-state index contributed by atoms with van der Waals surface area (Å²) in [5, 5.41) is 3.41. The molecule has 3 aromatic heterocycles. The van der Waals surface area contributed by atoms with E-state index >= 15 is 0 Å². The van der Waals surface area contributed by atoms with Crippen LogP contribution in [-0.4, -0.2) is 20.3 Å². The first kappa shape index (κ1) is 14.5. The molecule has 0 aliphatic rings. The van der Waals surface area contributed by atoms with E-state index in [0.717, 1.165) is 11.3 Å². The SMILES string of the molecule is CCc1nc2cc(Cl)ccn2c1C(=O)Nc1cc(C)ccn1. The molecule has 0 aliphatic heterocycles. The average Bonchev–Trinajstić information content (AvgIpc) is 2.84. The summed E-state index contributed by atoms with van der Waals surface area (Å²) >= 11 is 5.99. The Kier molecular flexibility index (Phi) is 3.81. The zero-order valence-electron chi connectivity index (χ0n) is 12.3. The number of carbonyl (C=O) groups is 1. The van der Waals surface area contributed by atoms with E-state index in [-0.39, 0.29) is 5.91 Å². The van der Waals surface area contributed by atoms with Gasteiger partial charge in [-0.05, 0) is 37.1 Å². The van der Waals surface area contributed by atoms with Gasteiger partial charge in [-0.3, -0.25) is 9.20 Å². The van der Waals surface area contributed by atoms with E-state index in [0.29, 0.717) is 28.6 Å². The third-order valence-electron chi connectivity index (χ3n) is 3.37. The number of nitrogens with one attached hydrogen (secondary N) is 1. The Morgan fingerprint density at radius 1 is 1.36 bits per heavy atom. The van der Waals surface area contributed by atoms with Gasteiger partial charge >= 0.3 is 0 Å². The van der Waals surface area contributed by atoms with E-state index in [1.54, 1.807) is 28.9 Å². The van der Waals surface area contributed by atoms with Crippen LogP contribution in [0.3, 0.4) is 0 Å². The summed E-state index contributed by atoms with van der Waals surface area (Å²) in [6.07, 6.45) is 4.08. The molecule has 0 atom stereocenters. The summed E-state index contributed by atoms with van der Waals surface area (Å²) in [7, 11) is 0. The number of rotatable bonds is 3. The fourth-order valence-corrected chi connectivity index (χ4v) is 2.49. The summed E-state index contributed by atoms with van der Waals surface area (Å²) in [5.74, 6) is 0.292. The number of nitrogens with zero attached hydrogens (tertiary/aromatic N) is 3. The van der Waals surface area contributed by atoms with Gasteiger partial charge in [-0.15, -0.1) is 0 Å². The lowest BCUT2D eigenvalue weighted by atomic mass is 10.2. The predicted octanol–water partition coefficient (Wildman–Crippen LogP) is 3.51. The molecule has 0 saturated carbocycles. The van der Waals surface area contributed by atoms with Gasteiger partial charge in [0.25, 0.3) is 5.91 Å². The third-order valence-corrected chi connectivity index (χ3v) is 3.60. The summed E-state index contributed by atoms with van der Waals surface area (Å²) in [5.41, 5.74) is 2.93. The van der Waals surface area contributed by atoms with E-state index < -0.39 is 0 Å². The molecule has 22 heavy (non-hydrogen) atoms. The Morgan fingerprint density at radius 2 is 2.18 bits per heavy atom. The molecule has 0 unspecified atom stereocenters. The number of carbonyl (C=O) groups excluding carboxylic acids is 1. The quantitative estimate of drug-likeness (QED) is 0.805. The molecule has 6 heteroatoms. The minimum atomic E-state index is -0.232. The molecule has 3 aromatic rings. The molecular formula is C16H15ClN4O. The van der Waals surface area contributed by atoms with Crippen LogP contribution in [0.4, 0.5) is 5.82 Å². The van der Waals surface area contributed by atoms with Gasteiger partial charge in [0.1, 0.15) is 17.2 Å². The monoisotopic (exact) mass is 314 g/mol. The molecule has 112 valence electrons. The molecule has 0 saturated heterocycles. The zero-order chi connectivity index (χ0) is 15.7. The van der Waals surface area contributed by atoms with Crippen LogP contribution in [0.15, 0.2) is 36.7 Å². The number of fused-ring (bicyclic) bond motifs is 1. The Labute approximate surface area is 133 Å². The second-order valence-electron chi connectivity index (χ2n) is 5.01. The van der Waals surface area contributed by atoms with Crippen molar-refractivity contribution in [2.24, 2.45) is 0 Å². The standard InChI is InChI=1S/C16H15ClN4O/c1-3-12-15(21-7-5-11(17)9-14(21)19-12)16(22)20-13-8-10(2)4-6-18-13/h4-9H,3H2,1-2H3,(H,18,20,22). The minimum Gasteiger partial charge on any atom is -0.305 e. The number of halogens is 1. The van der Waals surface area contributed by atoms with Crippen molar-refractivity contribution < 1.29 is 4.79 Å². The van der Waals surface area contributed by atoms with E-state index in [4.69, 9.17) is 11.6 Å². The minimum absolute atomic E-state index is 0.232. The number of aromatic nitrogens is 3. The number of hydrogen-bond donors (Lipinski definition) is 1. The predicted molar refractivity (Wildman–Crippen MR) is 86.5 cm³/mol. The number of amides is 1. The highest BCUT2D eigenvalue weighted by Crippen LogP contribution is 2.18. The van der Waals surface area contributed by atoms with Gasteiger partial charge < -0.3 is 5.32 Å². The topological polar surface area (TPSA) is 59.3 Å². The zero-order valence-corrected chi connectivity index (χ0v) is 13.1. The molecule has 0 fully saturated rings. The van der Waals surface area contributed by atoms with Crippen LogP contribution in [0.2, 0.25) is 5.02 Å². The van der Waals surface area contributed by atoms with Crippen LogP contribution in [0.5, 0.6) is 0 Å². The second kappa shape index (κ2) is 5.77. The van der Waals surface area contributed by atoms with E-state index in [2.05, 4.69) is 15.3 Å². The van der Waals surface area contributed by atoms with Crippen molar-refractivity contribution in [1.29, 1.82) is 0 Å². The smallest absolute Gasteiger partial charge is 0.275 e. The van der Waals surface area contributed by atoms with Crippen molar-refractivity contribution in [2.75, 3.05) is 5.32 Å². The number of aryl methyl sites for hydroxylation is 2. The van der Waals surface area contributed by atoms with Crippen LogP contribution in [0.25, 0.3) is 5.65 Å². The molecule has 1 amide bonds. The number of hydrogen-bond acceptors (Lipinski definition) is 3. The van der Waals surface area contributed by atoms with Gasteiger partial charge in [0.15, 0.2) is 0 Å². The van der Waals surface area contributed by atoms with Crippen LogP contribution in [0, 0.1) is 6.92 Å². The first-order chi connectivity index (χ1) is 10.6. The van der Waals surface area contributed by atoms with Gasteiger partial charge in [0.05, 0.1) is 5.69 Å². The second-order valence-corrected chi connectivity index (χ2v) is 5.44. The van der Waals surface area contributed by atoms with Gasteiger partial charge in [0, 0.05) is 23.5 Å². The van der Waals surface area contributed by atoms with Gasteiger partial charge in [-0.1, -0.05) is 18.5 Å². The van der Waals surface area contributed by atoms with Crippen molar-refractivity contribution in [3.63, 3.8) is 0 Å². The molecule has 5 nitrogen and oxygen atoms in total. The molecule has 0 spiro atoms. The fourth-order valence-electron chi connectivity index (χ4n) is 2.34. The molecule has 3 rings (SSSR count). The highest BCUT2D eigenvalue weighted by Gasteiger charge is 2.18. The van der Waals surface area contributed by atoms with Crippen molar-refractivity contribution in [1.82, 2.24) is 14.4 Å². The summed E-state index contributed by atoms with van der Waals surface area (Å²) in [6, 6.07) is 7.17. The van der Waals surface area contributed by atoms with Gasteiger partial charge in [-0.2, -0.15) is 0 Å². The lowest BCUT2D eigenvalue weighted by molar-refractivity contribution is 0.102.